The molecule has 0 atom stereocenters. The van der Waals surface area contributed by atoms with Crippen molar-refractivity contribution in [1.82, 2.24) is 9.97 Å². The number of rotatable bonds is 4. The average molecular weight is 261 g/mol. The van der Waals surface area contributed by atoms with Crippen molar-refractivity contribution < 1.29 is 9.47 Å². The molecule has 78 valence electrons. The van der Waals surface area contributed by atoms with E-state index in [1.807, 2.05) is 20.8 Å². The summed E-state index contributed by atoms with van der Waals surface area (Å²) in [6, 6.07) is 0.341. The first-order chi connectivity index (χ1) is 6.69. The molecule has 1 rings (SSSR count). The second kappa shape index (κ2) is 5.14. The van der Waals surface area contributed by atoms with Gasteiger partial charge < -0.3 is 9.47 Å². The van der Waals surface area contributed by atoms with Gasteiger partial charge in [0.1, 0.15) is 4.60 Å². The second-order valence-corrected chi connectivity index (χ2v) is 3.34. The molecule has 0 aliphatic heterocycles. The van der Waals surface area contributed by atoms with Crippen LogP contribution in [0, 0.1) is 6.92 Å². The van der Waals surface area contributed by atoms with Crippen LogP contribution in [0.5, 0.6) is 11.9 Å². The lowest BCUT2D eigenvalue weighted by Crippen LogP contribution is -2.03. The summed E-state index contributed by atoms with van der Waals surface area (Å²) in [7, 11) is 0. The van der Waals surface area contributed by atoms with Gasteiger partial charge in [0.15, 0.2) is 0 Å². The molecule has 4 nitrogen and oxygen atoms in total. The van der Waals surface area contributed by atoms with Crippen LogP contribution in [0.4, 0.5) is 0 Å². The monoisotopic (exact) mass is 260 g/mol. The van der Waals surface area contributed by atoms with Crippen LogP contribution in [-0.2, 0) is 0 Å². The van der Waals surface area contributed by atoms with Crippen molar-refractivity contribution in [3.63, 3.8) is 0 Å². The quantitative estimate of drug-likeness (QED) is 0.780. The van der Waals surface area contributed by atoms with Gasteiger partial charge in [-0.25, -0.2) is 0 Å². The fraction of sp³-hybridized carbons (Fsp3) is 0.556. The lowest BCUT2D eigenvalue weighted by Gasteiger charge is -2.08. The van der Waals surface area contributed by atoms with E-state index >= 15 is 0 Å². The third-order valence-electron chi connectivity index (χ3n) is 1.58. The maximum Gasteiger partial charge on any atom is 0.320 e. The van der Waals surface area contributed by atoms with Crippen molar-refractivity contribution >= 4 is 15.9 Å². The maximum absolute atomic E-state index is 5.34. The second-order valence-electron chi connectivity index (χ2n) is 2.59. The minimum atomic E-state index is 0.341. The van der Waals surface area contributed by atoms with E-state index in [9.17, 15) is 0 Å². The van der Waals surface area contributed by atoms with E-state index in [0.717, 1.165) is 5.56 Å². The summed E-state index contributed by atoms with van der Waals surface area (Å²) in [5.74, 6) is 0.567. The molecule has 0 aliphatic rings. The molecule has 0 amide bonds. The lowest BCUT2D eigenvalue weighted by atomic mass is 10.4. The topological polar surface area (TPSA) is 44.2 Å². The number of nitrogens with zero attached hydrogens (tertiary/aromatic N) is 2. The maximum atomic E-state index is 5.34. The first kappa shape index (κ1) is 11.2. The van der Waals surface area contributed by atoms with E-state index in [2.05, 4.69) is 25.9 Å². The normalized spacial score (nSPS) is 10.0. The van der Waals surface area contributed by atoms with Crippen molar-refractivity contribution in [3.8, 4) is 11.9 Å². The Morgan fingerprint density at radius 2 is 1.79 bits per heavy atom. The fourth-order valence-corrected chi connectivity index (χ4v) is 1.24. The Hall–Kier alpha value is -0.840. The van der Waals surface area contributed by atoms with Gasteiger partial charge in [-0.3, -0.25) is 0 Å². The van der Waals surface area contributed by atoms with E-state index in [0.29, 0.717) is 29.7 Å². The van der Waals surface area contributed by atoms with Gasteiger partial charge in [0.05, 0.1) is 13.2 Å². The van der Waals surface area contributed by atoms with Gasteiger partial charge >= 0.3 is 6.01 Å². The Labute approximate surface area is 91.8 Å². The number of halogens is 1. The molecular formula is C9H13BrN2O2. The summed E-state index contributed by atoms with van der Waals surface area (Å²) in [5.41, 5.74) is 0.885. The molecule has 0 radical (unpaired) electrons. The van der Waals surface area contributed by atoms with Crippen molar-refractivity contribution in [3.05, 3.63) is 10.2 Å². The molecule has 1 heterocycles. The highest BCUT2D eigenvalue weighted by Gasteiger charge is 2.10. The highest BCUT2D eigenvalue weighted by Crippen LogP contribution is 2.24. The van der Waals surface area contributed by atoms with Gasteiger partial charge in [-0.15, -0.1) is 0 Å². The Kier molecular flexibility index (Phi) is 4.13. The van der Waals surface area contributed by atoms with Gasteiger partial charge in [0.2, 0.25) is 5.88 Å². The summed E-state index contributed by atoms with van der Waals surface area (Å²) < 4.78 is 11.2. The van der Waals surface area contributed by atoms with Gasteiger partial charge in [0, 0.05) is 5.56 Å². The minimum Gasteiger partial charge on any atom is -0.478 e. The molecule has 0 aromatic carbocycles. The molecule has 0 saturated heterocycles. The SMILES string of the molecule is CCOc1nc(Br)c(C)c(OCC)n1. The van der Waals surface area contributed by atoms with Gasteiger partial charge in [0.25, 0.3) is 0 Å². The van der Waals surface area contributed by atoms with Crippen LogP contribution in [0.25, 0.3) is 0 Å². The van der Waals surface area contributed by atoms with Gasteiger partial charge in [-0.2, -0.15) is 9.97 Å². The molecule has 0 unspecified atom stereocenters. The molecule has 14 heavy (non-hydrogen) atoms. The molecule has 1 aromatic rings. The minimum absolute atomic E-state index is 0.341. The van der Waals surface area contributed by atoms with E-state index in [4.69, 9.17) is 9.47 Å². The van der Waals surface area contributed by atoms with Crippen LogP contribution in [0.3, 0.4) is 0 Å². The van der Waals surface area contributed by atoms with E-state index in [1.54, 1.807) is 0 Å². The van der Waals surface area contributed by atoms with Crippen LogP contribution >= 0.6 is 15.9 Å². The van der Waals surface area contributed by atoms with Crippen LogP contribution in [0.2, 0.25) is 0 Å². The molecule has 5 heteroatoms. The molecule has 0 N–H and O–H groups in total. The van der Waals surface area contributed by atoms with Crippen molar-refractivity contribution in [2.24, 2.45) is 0 Å². The zero-order valence-electron chi connectivity index (χ0n) is 8.50. The highest BCUT2D eigenvalue weighted by molar-refractivity contribution is 9.10. The van der Waals surface area contributed by atoms with Crippen LogP contribution in [0.1, 0.15) is 19.4 Å². The van der Waals surface area contributed by atoms with Crippen molar-refractivity contribution in [1.29, 1.82) is 0 Å². The van der Waals surface area contributed by atoms with Crippen molar-refractivity contribution in [2.45, 2.75) is 20.8 Å². The zero-order chi connectivity index (χ0) is 10.6. The molecule has 0 saturated carbocycles. The van der Waals surface area contributed by atoms with Crippen LogP contribution in [0.15, 0.2) is 4.60 Å². The predicted molar refractivity (Wildman–Crippen MR) is 56.8 cm³/mol. The molecule has 0 aliphatic carbocycles. The highest BCUT2D eigenvalue weighted by atomic mass is 79.9. The largest absolute Gasteiger partial charge is 0.478 e. The molecule has 0 bridgehead atoms. The van der Waals surface area contributed by atoms with E-state index in [1.165, 1.54) is 0 Å². The van der Waals surface area contributed by atoms with Crippen LogP contribution < -0.4 is 9.47 Å². The lowest BCUT2D eigenvalue weighted by molar-refractivity contribution is 0.286. The fourth-order valence-electron chi connectivity index (χ4n) is 0.923. The third-order valence-corrected chi connectivity index (χ3v) is 2.35. The standard InChI is InChI=1S/C9H13BrN2O2/c1-4-13-8-6(3)7(10)11-9(12-8)14-5-2/h4-5H2,1-3H3. The average Bonchev–Trinajstić information content (AvgIpc) is 2.14. The summed E-state index contributed by atoms with van der Waals surface area (Å²) in [5, 5.41) is 0. The third kappa shape index (κ3) is 2.57. The molecular weight excluding hydrogens is 248 g/mol. The Balaban J connectivity index is 3.01. The number of hydrogen-bond acceptors (Lipinski definition) is 4. The number of aromatic nitrogens is 2. The summed E-state index contributed by atoms with van der Waals surface area (Å²) in [4.78, 5) is 8.24. The molecule has 0 fully saturated rings. The van der Waals surface area contributed by atoms with Crippen LogP contribution in [-0.4, -0.2) is 23.2 Å². The smallest absolute Gasteiger partial charge is 0.320 e. The number of hydrogen-bond donors (Lipinski definition) is 0. The first-order valence-electron chi connectivity index (χ1n) is 4.48. The Morgan fingerprint density at radius 3 is 2.36 bits per heavy atom. The van der Waals surface area contributed by atoms with Crippen molar-refractivity contribution in [2.75, 3.05) is 13.2 Å². The first-order valence-corrected chi connectivity index (χ1v) is 5.28. The predicted octanol–water partition coefficient (Wildman–Crippen LogP) is 2.34. The molecule has 0 spiro atoms. The zero-order valence-corrected chi connectivity index (χ0v) is 10.1. The summed E-state index contributed by atoms with van der Waals surface area (Å²) in [6.07, 6.45) is 0. The van der Waals surface area contributed by atoms with Gasteiger partial charge in [-0.1, -0.05) is 0 Å². The summed E-state index contributed by atoms with van der Waals surface area (Å²) >= 11 is 3.33. The Morgan fingerprint density at radius 1 is 1.14 bits per heavy atom. The number of ether oxygens (including phenoxy) is 2. The van der Waals surface area contributed by atoms with E-state index < -0.39 is 0 Å². The van der Waals surface area contributed by atoms with E-state index in [-0.39, 0.29) is 0 Å². The molecule has 1 aromatic heterocycles. The summed E-state index contributed by atoms with van der Waals surface area (Å²) in [6.45, 7) is 6.81. The Bertz CT molecular complexity index is 318. The van der Waals surface area contributed by atoms with Gasteiger partial charge in [-0.05, 0) is 36.7 Å².